The molecule has 0 rings (SSSR count). The molecular formula is C3Cl2N2Si2. The fraction of sp³-hybridized carbons (Fsp3) is 0.333. The Morgan fingerprint density at radius 3 is 1.44 bits per heavy atom. The minimum atomic E-state index is -1.16. The molecule has 0 bridgehead atoms. The van der Waals surface area contributed by atoms with Gasteiger partial charge in [-0.25, -0.2) is 22.8 Å². The normalized spacial score (nSPS) is 9.78. The van der Waals surface area contributed by atoms with E-state index in [9.17, 15) is 0 Å². The number of rotatable bonds is 2. The summed E-state index contributed by atoms with van der Waals surface area (Å²) < 4.78 is 0. The van der Waals surface area contributed by atoms with Gasteiger partial charge >= 0.3 is 22.6 Å². The van der Waals surface area contributed by atoms with Gasteiger partial charge in [0.05, 0.1) is 0 Å². The maximum atomic E-state index is 6.56. The fourth-order valence-corrected chi connectivity index (χ4v) is 2.23. The Morgan fingerprint density at radius 2 is 1.44 bits per heavy atom. The molecule has 0 amide bonds. The van der Waals surface area contributed by atoms with Crippen LogP contribution in [0.5, 0.6) is 0 Å². The molecule has 6 heteroatoms. The van der Waals surface area contributed by atoms with Crippen LogP contribution in [0.4, 0.5) is 0 Å². The number of hydrogen-bond donors (Lipinski definition) is 0. The zero-order chi connectivity index (χ0) is 7.33. The highest BCUT2D eigenvalue weighted by atomic mass is 35.6. The van der Waals surface area contributed by atoms with Gasteiger partial charge in [0.1, 0.15) is 0 Å². The van der Waals surface area contributed by atoms with Crippen LogP contribution in [0.2, 0.25) is 0 Å². The lowest BCUT2D eigenvalue weighted by molar-refractivity contribution is 1.24. The second-order valence-electron chi connectivity index (χ2n) is 1.08. The lowest BCUT2D eigenvalue weighted by Crippen LogP contribution is -2.29. The van der Waals surface area contributed by atoms with Crippen molar-refractivity contribution in [3.8, 4) is 0 Å². The number of hydrogen-bond acceptors (Lipinski definition) is 0. The first-order chi connectivity index (χ1) is 4.24. The summed E-state index contributed by atoms with van der Waals surface area (Å²) in [6, 6.07) is 0. The van der Waals surface area contributed by atoms with Crippen molar-refractivity contribution in [2.24, 2.45) is 0 Å². The van der Waals surface area contributed by atoms with Crippen LogP contribution in [0.3, 0.4) is 0 Å². The van der Waals surface area contributed by atoms with Gasteiger partial charge in [0.2, 0.25) is 0 Å². The molecule has 9 heavy (non-hydrogen) atoms. The highest BCUT2D eigenvalue weighted by molar-refractivity contribution is 7.09. The topological polar surface area (TPSA) is 8.72 Å². The molecule has 0 aliphatic heterocycles. The van der Waals surface area contributed by atoms with E-state index in [4.69, 9.17) is 35.3 Å². The van der Waals surface area contributed by atoms with Crippen molar-refractivity contribution in [1.29, 1.82) is 0 Å². The molecule has 2 nitrogen and oxygen atoms in total. The summed E-state index contributed by atoms with van der Waals surface area (Å²) in [4.78, 5) is 4.90. The van der Waals surface area contributed by atoms with Crippen molar-refractivity contribution in [3.63, 3.8) is 0 Å². The van der Waals surface area contributed by atoms with Gasteiger partial charge in [-0.2, -0.15) is 0 Å². The van der Waals surface area contributed by atoms with Crippen LogP contribution in [-0.2, 0) is 0 Å². The Kier molecular flexibility index (Phi) is 3.91. The predicted octanol–water partition coefficient (Wildman–Crippen LogP) is 1.15. The number of nitrogens with zero attached hydrogens (tertiary/aromatic N) is 2. The van der Waals surface area contributed by atoms with Crippen molar-refractivity contribution in [1.82, 2.24) is 0 Å². The lowest BCUT2D eigenvalue weighted by atomic mass is 11.1. The lowest BCUT2D eigenvalue weighted by Gasteiger charge is -1.97. The van der Waals surface area contributed by atoms with Crippen LogP contribution in [0.1, 0.15) is 0 Å². The second-order valence-corrected chi connectivity index (χ2v) is 4.49. The van der Waals surface area contributed by atoms with Gasteiger partial charge in [-0.3, -0.25) is 0 Å². The summed E-state index contributed by atoms with van der Waals surface area (Å²) in [5.74, 6) is 0. The Bertz CT molecular complexity index is 150. The van der Waals surface area contributed by atoms with Crippen LogP contribution in [0, 0.1) is 13.1 Å². The summed E-state index contributed by atoms with van der Waals surface area (Å²) in [5.41, 5.74) is 0. The third-order valence-corrected chi connectivity index (χ3v) is 4.84. The van der Waals surface area contributed by atoms with E-state index in [-0.39, 0.29) is 17.7 Å². The third kappa shape index (κ3) is 2.00. The molecule has 0 heterocycles. The van der Waals surface area contributed by atoms with E-state index < -0.39 is 4.91 Å². The van der Waals surface area contributed by atoms with Crippen LogP contribution in [0.25, 0.3) is 9.69 Å². The molecule has 0 N–H and O–H groups in total. The van der Waals surface area contributed by atoms with E-state index in [0.717, 1.165) is 0 Å². The highest BCUT2D eigenvalue weighted by Crippen LogP contribution is 2.12. The van der Waals surface area contributed by atoms with Gasteiger partial charge in [-0.1, -0.05) is 0 Å². The summed E-state index contributed by atoms with van der Waals surface area (Å²) in [6.07, 6.45) is 0. The molecule has 4 radical (unpaired) electrons. The van der Waals surface area contributed by atoms with E-state index in [0.29, 0.717) is 0 Å². The monoisotopic (exact) mass is 190 g/mol. The van der Waals surface area contributed by atoms with E-state index in [1.165, 1.54) is 0 Å². The molecule has 0 aliphatic carbocycles. The summed E-state index contributed by atoms with van der Waals surface area (Å²) in [5, 5.41) is 0. The predicted molar refractivity (Wildman–Crippen MR) is 39.1 cm³/mol. The van der Waals surface area contributed by atoms with E-state index in [2.05, 4.69) is 9.69 Å². The molecule has 0 fully saturated rings. The SMILES string of the molecule is [C-]#[N+]C([N+]#[C-])([Si]Cl)[Si]Cl. The standard InChI is InChI=1S/C3Cl2N2Si2/c1-6-3(7-2,8-4)9-5. The largest absolute Gasteiger partial charge is 0.432 e. The van der Waals surface area contributed by atoms with Crippen LogP contribution in [-0.4, -0.2) is 22.6 Å². The van der Waals surface area contributed by atoms with Gasteiger partial charge in [-0.05, 0) is 0 Å². The minimum absolute atomic E-state index is 0.236. The fourth-order valence-electron chi connectivity index (χ4n) is 0.127. The van der Waals surface area contributed by atoms with Gasteiger partial charge in [-0.15, -0.1) is 22.2 Å². The van der Waals surface area contributed by atoms with E-state index in [1.54, 1.807) is 0 Å². The maximum Gasteiger partial charge on any atom is 0.432 e. The molecule has 0 aromatic carbocycles. The summed E-state index contributed by atoms with van der Waals surface area (Å²) in [6.45, 7) is 13.1. The molecule has 44 valence electrons. The van der Waals surface area contributed by atoms with Crippen molar-refractivity contribution in [2.75, 3.05) is 0 Å². The van der Waals surface area contributed by atoms with Gasteiger partial charge in [0, 0.05) is 0 Å². The molecule has 0 unspecified atom stereocenters. The van der Waals surface area contributed by atoms with Crippen molar-refractivity contribution in [3.05, 3.63) is 22.8 Å². The second kappa shape index (κ2) is 3.91. The Morgan fingerprint density at radius 1 is 1.11 bits per heavy atom. The molecule has 0 aromatic rings. The third-order valence-electron chi connectivity index (χ3n) is 0.587. The van der Waals surface area contributed by atoms with Crippen molar-refractivity contribution >= 4 is 39.8 Å². The van der Waals surface area contributed by atoms with Crippen LogP contribution in [0.15, 0.2) is 0 Å². The molecular weight excluding hydrogens is 191 g/mol. The number of halogens is 2. The van der Waals surface area contributed by atoms with Crippen molar-refractivity contribution in [2.45, 2.75) is 4.91 Å². The van der Waals surface area contributed by atoms with E-state index >= 15 is 0 Å². The van der Waals surface area contributed by atoms with Crippen LogP contribution < -0.4 is 0 Å². The highest BCUT2D eigenvalue weighted by Gasteiger charge is 2.44. The summed E-state index contributed by atoms with van der Waals surface area (Å²) in [7, 11) is -0.473. The molecule has 0 atom stereocenters. The van der Waals surface area contributed by atoms with Gasteiger partial charge in [0.15, 0.2) is 0 Å². The van der Waals surface area contributed by atoms with E-state index in [1.807, 2.05) is 0 Å². The van der Waals surface area contributed by atoms with Crippen LogP contribution >= 0.6 is 22.2 Å². The molecule has 0 saturated carbocycles. The first-order valence-electron chi connectivity index (χ1n) is 1.77. The maximum absolute atomic E-state index is 6.56. The van der Waals surface area contributed by atoms with Crippen molar-refractivity contribution < 1.29 is 0 Å². The quantitative estimate of drug-likeness (QED) is 0.351. The Hall–Kier alpha value is -0.00623. The van der Waals surface area contributed by atoms with Gasteiger partial charge in [0.25, 0.3) is 0 Å². The zero-order valence-corrected chi connectivity index (χ0v) is 7.66. The molecule has 0 spiro atoms. The summed E-state index contributed by atoms with van der Waals surface area (Å²) >= 11 is 10.7. The molecule has 0 saturated heterocycles. The smallest absolute Gasteiger partial charge is 0.243 e. The first-order valence-corrected chi connectivity index (χ1v) is 5.80. The molecule has 0 aliphatic rings. The van der Waals surface area contributed by atoms with Gasteiger partial charge < -0.3 is 0 Å². The Balaban J connectivity index is 4.28. The average Bonchev–Trinajstić information content (AvgIpc) is 1.95. The minimum Gasteiger partial charge on any atom is -0.243 e. The average molecular weight is 191 g/mol. The first kappa shape index (κ1) is 8.99. The molecule has 0 aromatic heterocycles. The Labute approximate surface area is 67.8 Å². The zero-order valence-electron chi connectivity index (χ0n) is 4.15.